The summed E-state index contributed by atoms with van der Waals surface area (Å²) in [5, 5.41) is 11.5. The molecule has 1 unspecified atom stereocenters. The fraction of sp³-hybridized carbons (Fsp3) is 0.292. The van der Waals surface area contributed by atoms with Crippen molar-refractivity contribution >= 4 is 38.7 Å². The highest BCUT2D eigenvalue weighted by Gasteiger charge is 2.27. The minimum atomic E-state index is -0.411. The number of piperazine rings is 1. The number of hydrogen-bond acceptors (Lipinski definition) is 7. The van der Waals surface area contributed by atoms with Gasteiger partial charge in [-0.15, -0.1) is 5.10 Å². The number of amides is 1. The number of halogens is 2. The Morgan fingerprint density at radius 1 is 1.23 bits per heavy atom. The third-order valence-corrected chi connectivity index (χ3v) is 6.88. The summed E-state index contributed by atoms with van der Waals surface area (Å²) in [6.45, 7) is 5.79. The predicted octanol–water partition coefficient (Wildman–Crippen LogP) is 2.82. The Hall–Kier alpha value is -3.44. The molecule has 1 aliphatic rings. The standard InChI is InChI=1S/C24H24BrFN8O/c1-14-3-4-17(8-20(14)26)34-11-18-22(32-34)30-13-31-23(18)33-6-5-27-21(12-33)24(35)29-9-16-7-15(2)19(25)10-28-16/h3-4,7-8,10-11,13,21,27H,5-6,9,12H2,1-2H3,(H,29,35). The van der Waals surface area contributed by atoms with Crippen LogP contribution in [0.4, 0.5) is 10.2 Å². The molecule has 9 nitrogen and oxygen atoms in total. The number of nitrogens with one attached hydrogen (secondary N) is 2. The number of carbonyl (C=O) groups is 1. The van der Waals surface area contributed by atoms with Crippen molar-refractivity contribution in [1.82, 2.24) is 35.4 Å². The van der Waals surface area contributed by atoms with E-state index in [1.807, 2.05) is 19.1 Å². The molecule has 0 spiro atoms. The first-order valence-corrected chi connectivity index (χ1v) is 12.0. The van der Waals surface area contributed by atoms with E-state index in [9.17, 15) is 9.18 Å². The maximum atomic E-state index is 14.1. The van der Waals surface area contributed by atoms with Crippen LogP contribution in [0.15, 0.2) is 47.5 Å². The molecule has 3 aromatic heterocycles. The molecule has 1 aliphatic heterocycles. The number of pyridine rings is 1. The topological polar surface area (TPSA) is 101 Å². The summed E-state index contributed by atoms with van der Waals surface area (Å²) in [6, 6.07) is 6.51. The van der Waals surface area contributed by atoms with Gasteiger partial charge in [0.05, 0.1) is 23.3 Å². The highest BCUT2D eigenvalue weighted by atomic mass is 79.9. The molecule has 180 valence electrons. The molecule has 1 atom stereocenters. The molecule has 2 N–H and O–H groups in total. The van der Waals surface area contributed by atoms with E-state index < -0.39 is 6.04 Å². The second-order valence-electron chi connectivity index (χ2n) is 8.54. The molecule has 5 rings (SSSR count). The van der Waals surface area contributed by atoms with Crippen molar-refractivity contribution in [2.75, 3.05) is 24.5 Å². The fourth-order valence-electron chi connectivity index (χ4n) is 4.05. The van der Waals surface area contributed by atoms with Gasteiger partial charge in [-0.1, -0.05) is 6.07 Å². The van der Waals surface area contributed by atoms with Gasteiger partial charge in [0.25, 0.3) is 0 Å². The number of carbonyl (C=O) groups excluding carboxylic acids is 1. The van der Waals surface area contributed by atoms with Gasteiger partial charge in [0.1, 0.15) is 24.0 Å². The quantitative estimate of drug-likeness (QED) is 0.403. The van der Waals surface area contributed by atoms with E-state index in [1.54, 1.807) is 30.1 Å². The highest BCUT2D eigenvalue weighted by molar-refractivity contribution is 9.10. The minimum Gasteiger partial charge on any atom is -0.353 e. The van der Waals surface area contributed by atoms with Crippen molar-refractivity contribution < 1.29 is 9.18 Å². The molecule has 4 aromatic rings. The molecule has 0 saturated carbocycles. The molecule has 1 amide bonds. The van der Waals surface area contributed by atoms with Gasteiger partial charge in [-0.3, -0.25) is 9.78 Å². The third-order valence-electron chi connectivity index (χ3n) is 6.05. The van der Waals surface area contributed by atoms with Crippen LogP contribution in [0.1, 0.15) is 16.8 Å². The molecular formula is C24H24BrFN8O. The second kappa shape index (κ2) is 9.67. The first-order valence-electron chi connectivity index (χ1n) is 11.2. The molecule has 1 aromatic carbocycles. The molecule has 1 saturated heterocycles. The predicted molar refractivity (Wildman–Crippen MR) is 134 cm³/mol. The second-order valence-corrected chi connectivity index (χ2v) is 9.39. The lowest BCUT2D eigenvalue weighted by Gasteiger charge is -2.33. The number of fused-ring (bicyclic) bond motifs is 1. The SMILES string of the molecule is Cc1ccc(-n2cc3c(N4CCNC(C(=O)NCc5cc(C)c(Br)cn5)C4)ncnc3n2)cc1F. The van der Waals surface area contributed by atoms with Crippen LogP contribution in [0.5, 0.6) is 0 Å². The summed E-state index contributed by atoms with van der Waals surface area (Å²) in [5.74, 6) is 0.296. The number of nitrogens with zero attached hydrogens (tertiary/aromatic N) is 6. The molecule has 11 heteroatoms. The summed E-state index contributed by atoms with van der Waals surface area (Å²) in [4.78, 5) is 28.1. The Morgan fingerprint density at radius 3 is 2.89 bits per heavy atom. The van der Waals surface area contributed by atoms with Gasteiger partial charge in [-0.05, 0) is 59.1 Å². The Balaban J connectivity index is 1.33. The Bertz CT molecular complexity index is 1410. The fourth-order valence-corrected chi connectivity index (χ4v) is 4.26. The minimum absolute atomic E-state index is 0.104. The van der Waals surface area contributed by atoms with Crippen LogP contribution in [-0.2, 0) is 11.3 Å². The van der Waals surface area contributed by atoms with Gasteiger partial charge in [-0.25, -0.2) is 19.0 Å². The van der Waals surface area contributed by atoms with Crippen LogP contribution in [0.3, 0.4) is 0 Å². The largest absolute Gasteiger partial charge is 0.353 e. The summed E-state index contributed by atoms with van der Waals surface area (Å²) in [6.07, 6.45) is 5.00. The lowest BCUT2D eigenvalue weighted by atomic mass is 10.1. The molecule has 0 aliphatic carbocycles. The zero-order valence-electron chi connectivity index (χ0n) is 19.3. The number of aryl methyl sites for hydroxylation is 2. The number of aromatic nitrogens is 5. The van der Waals surface area contributed by atoms with E-state index in [2.05, 4.69) is 51.5 Å². The maximum absolute atomic E-state index is 14.1. The van der Waals surface area contributed by atoms with Crippen LogP contribution in [-0.4, -0.2) is 56.3 Å². The summed E-state index contributed by atoms with van der Waals surface area (Å²) in [5.41, 5.74) is 3.54. The van der Waals surface area contributed by atoms with Crippen molar-refractivity contribution in [3.05, 3.63) is 70.1 Å². The number of hydrogen-bond donors (Lipinski definition) is 2. The molecule has 0 bridgehead atoms. The van der Waals surface area contributed by atoms with Crippen LogP contribution in [0.25, 0.3) is 16.7 Å². The van der Waals surface area contributed by atoms with Gasteiger partial charge in [0, 0.05) is 36.5 Å². The van der Waals surface area contributed by atoms with Gasteiger partial charge in [0.15, 0.2) is 5.65 Å². The molecule has 4 heterocycles. The van der Waals surface area contributed by atoms with Crippen LogP contribution in [0.2, 0.25) is 0 Å². The van der Waals surface area contributed by atoms with Gasteiger partial charge in [-0.2, -0.15) is 0 Å². The van der Waals surface area contributed by atoms with Gasteiger partial charge < -0.3 is 15.5 Å². The van der Waals surface area contributed by atoms with Crippen molar-refractivity contribution in [3.8, 4) is 5.69 Å². The number of rotatable bonds is 5. The van der Waals surface area contributed by atoms with Crippen molar-refractivity contribution in [3.63, 3.8) is 0 Å². The Morgan fingerprint density at radius 2 is 2.09 bits per heavy atom. The lowest BCUT2D eigenvalue weighted by Crippen LogP contribution is -2.57. The van der Waals surface area contributed by atoms with Crippen LogP contribution in [0, 0.1) is 19.7 Å². The normalized spacial score (nSPS) is 16.0. The van der Waals surface area contributed by atoms with Crippen molar-refractivity contribution in [1.29, 1.82) is 0 Å². The first-order chi connectivity index (χ1) is 16.9. The van der Waals surface area contributed by atoms with E-state index in [-0.39, 0.29) is 11.7 Å². The molecule has 1 fully saturated rings. The van der Waals surface area contributed by atoms with Gasteiger partial charge >= 0.3 is 0 Å². The van der Waals surface area contributed by atoms with E-state index in [0.29, 0.717) is 48.9 Å². The van der Waals surface area contributed by atoms with E-state index in [0.717, 1.165) is 21.1 Å². The van der Waals surface area contributed by atoms with E-state index in [1.165, 1.54) is 12.4 Å². The zero-order chi connectivity index (χ0) is 24.5. The monoisotopic (exact) mass is 538 g/mol. The average molecular weight is 539 g/mol. The molecular weight excluding hydrogens is 515 g/mol. The Kier molecular flexibility index (Phi) is 6.44. The number of anilines is 1. The molecule has 35 heavy (non-hydrogen) atoms. The smallest absolute Gasteiger partial charge is 0.239 e. The van der Waals surface area contributed by atoms with Crippen LogP contribution >= 0.6 is 15.9 Å². The summed E-state index contributed by atoms with van der Waals surface area (Å²) in [7, 11) is 0. The third kappa shape index (κ3) is 4.87. The Labute approximate surface area is 209 Å². The number of benzene rings is 1. The summed E-state index contributed by atoms with van der Waals surface area (Å²) >= 11 is 3.44. The lowest BCUT2D eigenvalue weighted by molar-refractivity contribution is -0.123. The zero-order valence-corrected chi connectivity index (χ0v) is 20.9. The molecule has 0 radical (unpaired) electrons. The average Bonchev–Trinajstić information content (AvgIpc) is 3.31. The van der Waals surface area contributed by atoms with Crippen molar-refractivity contribution in [2.45, 2.75) is 26.4 Å². The van der Waals surface area contributed by atoms with E-state index in [4.69, 9.17) is 0 Å². The highest BCUT2D eigenvalue weighted by Crippen LogP contribution is 2.25. The first kappa shape index (κ1) is 23.3. The maximum Gasteiger partial charge on any atom is 0.239 e. The van der Waals surface area contributed by atoms with E-state index >= 15 is 0 Å². The van der Waals surface area contributed by atoms with Gasteiger partial charge in [0.2, 0.25) is 5.91 Å². The van der Waals surface area contributed by atoms with Crippen molar-refractivity contribution in [2.24, 2.45) is 0 Å². The summed E-state index contributed by atoms with van der Waals surface area (Å²) < 4.78 is 16.6. The van der Waals surface area contributed by atoms with Crippen LogP contribution < -0.4 is 15.5 Å².